The summed E-state index contributed by atoms with van der Waals surface area (Å²) in [5.74, 6) is -0.992. The third-order valence-electron chi connectivity index (χ3n) is 5.03. The van der Waals surface area contributed by atoms with E-state index >= 15 is 0 Å². The molecule has 4 N–H and O–H groups in total. The number of nitrogens with zero attached hydrogens (tertiary/aromatic N) is 2. The number of esters is 1. The Labute approximate surface area is 192 Å². The lowest BCUT2D eigenvalue weighted by Crippen LogP contribution is -2.56. The van der Waals surface area contributed by atoms with Gasteiger partial charge in [-0.05, 0) is 30.6 Å². The molecule has 0 aliphatic heterocycles. The molecule has 0 radical (unpaired) electrons. The molecule has 0 aliphatic carbocycles. The number of aryl methyl sites for hydroxylation is 1. The summed E-state index contributed by atoms with van der Waals surface area (Å²) >= 11 is 0. The highest BCUT2D eigenvalue weighted by Crippen LogP contribution is 2.10. The molecule has 1 rings (SSSR count). The van der Waals surface area contributed by atoms with E-state index in [1.165, 1.54) is 0 Å². The molecular formula is C23H42N5O4+. The van der Waals surface area contributed by atoms with E-state index in [4.69, 9.17) is 10.5 Å². The van der Waals surface area contributed by atoms with Crippen molar-refractivity contribution in [3.05, 3.63) is 18.7 Å². The SMILES string of the molecule is CC(C)C[C@H](NC(=O)[C@@H](NC(=O)[C@@H](N)CC(C)C)C(C)C)C(=O)OCCn1cc[n+](C)c1. The second-order valence-corrected chi connectivity index (χ2v) is 9.64. The van der Waals surface area contributed by atoms with Crippen LogP contribution in [0.3, 0.4) is 0 Å². The first-order valence-corrected chi connectivity index (χ1v) is 11.4. The molecule has 0 saturated carbocycles. The topological polar surface area (TPSA) is 119 Å². The summed E-state index contributed by atoms with van der Waals surface area (Å²) in [5, 5.41) is 5.54. The molecular weight excluding hydrogens is 410 g/mol. The Morgan fingerprint density at radius 2 is 1.62 bits per heavy atom. The van der Waals surface area contributed by atoms with Crippen LogP contribution >= 0.6 is 0 Å². The van der Waals surface area contributed by atoms with Gasteiger partial charge in [0.1, 0.15) is 37.6 Å². The van der Waals surface area contributed by atoms with Crippen molar-refractivity contribution < 1.29 is 23.7 Å². The van der Waals surface area contributed by atoms with Crippen molar-refractivity contribution in [1.29, 1.82) is 0 Å². The number of carbonyl (C=O) groups is 3. The summed E-state index contributed by atoms with van der Waals surface area (Å²) in [6.45, 7) is 12.3. The number of nitrogens with two attached hydrogens (primary N) is 1. The Morgan fingerprint density at radius 1 is 1.00 bits per heavy atom. The lowest BCUT2D eigenvalue weighted by molar-refractivity contribution is -0.671. The average molecular weight is 453 g/mol. The van der Waals surface area contributed by atoms with Gasteiger partial charge < -0.3 is 21.1 Å². The normalized spacial score (nSPS) is 14.3. The van der Waals surface area contributed by atoms with Gasteiger partial charge in [-0.2, -0.15) is 0 Å². The minimum absolute atomic E-state index is 0.169. The molecule has 0 aromatic carbocycles. The van der Waals surface area contributed by atoms with Crippen LogP contribution in [0.15, 0.2) is 18.7 Å². The van der Waals surface area contributed by atoms with E-state index in [9.17, 15) is 14.4 Å². The molecule has 0 aliphatic rings. The predicted molar refractivity (Wildman–Crippen MR) is 122 cm³/mol. The third kappa shape index (κ3) is 9.80. The number of amides is 2. The van der Waals surface area contributed by atoms with Gasteiger partial charge in [0, 0.05) is 0 Å². The smallest absolute Gasteiger partial charge is 0.328 e. The number of rotatable bonds is 13. The zero-order valence-corrected chi connectivity index (χ0v) is 20.6. The molecule has 32 heavy (non-hydrogen) atoms. The van der Waals surface area contributed by atoms with Crippen molar-refractivity contribution >= 4 is 17.8 Å². The highest BCUT2D eigenvalue weighted by atomic mass is 16.5. The molecule has 1 aromatic rings. The van der Waals surface area contributed by atoms with Crippen molar-refractivity contribution in [3.8, 4) is 0 Å². The van der Waals surface area contributed by atoms with Gasteiger partial charge in [-0.25, -0.2) is 13.9 Å². The Hall–Kier alpha value is -2.42. The number of hydrogen-bond donors (Lipinski definition) is 3. The lowest BCUT2D eigenvalue weighted by Gasteiger charge is -2.26. The summed E-state index contributed by atoms with van der Waals surface area (Å²) in [7, 11) is 1.91. The van der Waals surface area contributed by atoms with E-state index in [0.717, 1.165) is 0 Å². The zero-order valence-electron chi connectivity index (χ0n) is 20.6. The fraction of sp³-hybridized carbons (Fsp3) is 0.739. The van der Waals surface area contributed by atoms with Gasteiger partial charge in [0.15, 0.2) is 0 Å². The molecule has 1 aromatic heterocycles. The number of ether oxygens (including phenoxy) is 1. The summed E-state index contributed by atoms with van der Waals surface area (Å²) in [5.41, 5.74) is 5.97. The first-order valence-electron chi connectivity index (χ1n) is 11.4. The number of carbonyl (C=O) groups excluding carboxylic acids is 3. The van der Waals surface area contributed by atoms with Crippen molar-refractivity contribution in [2.45, 2.75) is 79.1 Å². The van der Waals surface area contributed by atoms with Crippen LogP contribution in [0.25, 0.3) is 0 Å². The number of aromatic nitrogens is 2. The Balaban J connectivity index is 2.75. The van der Waals surface area contributed by atoms with E-state index in [2.05, 4.69) is 10.6 Å². The fourth-order valence-corrected chi connectivity index (χ4v) is 3.34. The van der Waals surface area contributed by atoms with Crippen LogP contribution in [0.5, 0.6) is 0 Å². The van der Waals surface area contributed by atoms with E-state index < -0.39 is 30.0 Å². The predicted octanol–water partition coefficient (Wildman–Crippen LogP) is 0.901. The van der Waals surface area contributed by atoms with Crippen molar-refractivity contribution in [2.24, 2.45) is 30.5 Å². The molecule has 2 amide bonds. The van der Waals surface area contributed by atoms with Gasteiger partial charge in [0.05, 0.1) is 13.1 Å². The van der Waals surface area contributed by atoms with Crippen LogP contribution in [-0.4, -0.2) is 47.1 Å². The highest BCUT2D eigenvalue weighted by Gasteiger charge is 2.31. The quantitative estimate of drug-likeness (QED) is 0.303. The second kappa shape index (κ2) is 13.2. The molecule has 0 spiro atoms. The molecule has 3 atom stereocenters. The summed E-state index contributed by atoms with van der Waals surface area (Å²) in [6.07, 6.45) is 6.65. The molecule has 0 fully saturated rings. The first-order chi connectivity index (χ1) is 14.9. The second-order valence-electron chi connectivity index (χ2n) is 9.64. The molecule has 1 heterocycles. The molecule has 0 saturated heterocycles. The van der Waals surface area contributed by atoms with Crippen molar-refractivity contribution in [2.75, 3.05) is 6.61 Å². The standard InChI is InChI=1S/C23H41N5O4/c1-15(2)12-18(24)21(29)26-20(17(5)6)22(30)25-19(13-16(3)4)23(31)32-11-10-28-9-8-27(7)14-28/h8-9,14-20H,10-13,24H2,1-7H3,(H-,25,26,29,30)/p+1/t18-,19-,20-/m0/s1. The van der Waals surface area contributed by atoms with Gasteiger partial charge in [-0.3, -0.25) is 9.59 Å². The maximum absolute atomic E-state index is 13.0. The highest BCUT2D eigenvalue weighted by molar-refractivity contribution is 5.92. The van der Waals surface area contributed by atoms with E-state index in [0.29, 0.717) is 19.4 Å². The Kier molecular flexibility index (Phi) is 11.4. The van der Waals surface area contributed by atoms with E-state index in [1.54, 1.807) is 0 Å². The molecule has 0 unspecified atom stereocenters. The van der Waals surface area contributed by atoms with Gasteiger partial charge in [0.2, 0.25) is 18.1 Å². The number of nitrogens with one attached hydrogen (secondary N) is 2. The van der Waals surface area contributed by atoms with Gasteiger partial charge in [-0.1, -0.05) is 41.5 Å². The minimum Gasteiger partial charge on any atom is -0.460 e. The third-order valence-corrected chi connectivity index (χ3v) is 5.03. The molecule has 9 heteroatoms. The fourth-order valence-electron chi connectivity index (χ4n) is 3.34. The van der Waals surface area contributed by atoms with Gasteiger partial charge in [-0.15, -0.1) is 0 Å². The first kappa shape index (κ1) is 27.6. The zero-order chi connectivity index (χ0) is 24.4. The Bertz CT molecular complexity index is 745. The maximum atomic E-state index is 13.0. The van der Waals surface area contributed by atoms with Crippen molar-refractivity contribution in [1.82, 2.24) is 15.2 Å². The molecule has 0 bridgehead atoms. The van der Waals surface area contributed by atoms with Crippen LogP contribution in [-0.2, 0) is 32.7 Å². The van der Waals surface area contributed by atoms with E-state index in [-0.39, 0.29) is 30.3 Å². The van der Waals surface area contributed by atoms with Gasteiger partial charge in [0.25, 0.3) is 0 Å². The monoisotopic (exact) mass is 452 g/mol. The summed E-state index contributed by atoms with van der Waals surface area (Å²) in [4.78, 5) is 38.1. The summed E-state index contributed by atoms with van der Waals surface area (Å²) in [6, 6.07) is -2.26. The van der Waals surface area contributed by atoms with E-state index in [1.807, 2.05) is 76.4 Å². The molecule has 9 nitrogen and oxygen atoms in total. The van der Waals surface area contributed by atoms with Crippen LogP contribution < -0.4 is 20.9 Å². The minimum atomic E-state index is -0.789. The largest absolute Gasteiger partial charge is 0.460 e. The molecule has 182 valence electrons. The van der Waals surface area contributed by atoms with Crippen LogP contribution in [0, 0.1) is 17.8 Å². The lowest BCUT2D eigenvalue weighted by atomic mass is 9.99. The van der Waals surface area contributed by atoms with Crippen LogP contribution in [0.2, 0.25) is 0 Å². The number of imidazole rings is 1. The summed E-state index contributed by atoms with van der Waals surface area (Å²) < 4.78 is 9.24. The van der Waals surface area contributed by atoms with Crippen LogP contribution in [0.1, 0.15) is 54.4 Å². The van der Waals surface area contributed by atoms with Gasteiger partial charge >= 0.3 is 5.97 Å². The van der Waals surface area contributed by atoms with Crippen molar-refractivity contribution in [3.63, 3.8) is 0 Å². The number of hydrogen-bond acceptors (Lipinski definition) is 5. The Morgan fingerprint density at radius 3 is 2.12 bits per heavy atom. The van der Waals surface area contributed by atoms with Crippen LogP contribution in [0.4, 0.5) is 0 Å². The maximum Gasteiger partial charge on any atom is 0.328 e. The average Bonchev–Trinajstić information content (AvgIpc) is 3.08.